The van der Waals surface area contributed by atoms with Crippen molar-refractivity contribution in [3.63, 3.8) is 0 Å². The third-order valence-electron chi connectivity index (χ3n) is 3.10. The predicted molar refractivity (Wildman–Crippen MR) is 78.1 cm³/mol. The molecule has 2 aromatic rings. The van der Waals surface area contributed by atoms with E-state index in [1.54, 1.807) is 7.11 Å². The van der Waals surface area contributed by atoms with Crippen LogP contribution in [-0.2, 0) is 0 Å². The van der Waals surface area contributed by atoms with E-state index in [-0.39, 0.29) is 0 Å². The Hall–Kier alpha value is -1.80. The van der Waals surface area contributed by atoms with Crippen molar-refractivity contribution in [1.29, 1.82) is 0 Å². The number of hydrogen-bond acceptors (Lipinski definition) is 2. The highest BCUT2D eigenvalue weighted by Crippen LogP contribution is 2.22. The minimum absolute atomic E-state index is 0.386. The third-order valence-corrected chi connectivity index (χ3v) is 3.10. The van der Waals surface area contributed by atoms with Crippen molar-refractivity contribution in [2.45, 2.75) is 13.0 Å². The maximum absolute atomic E-state index is 5.22. The van der Waals surface area contributed by atoms with Crippen LogP contribution in [0.1, 0.15) is 12.5 Å². The van der Waals surface area contributed by atoms with Crippen molar-refractivity contribution in [2.24, 2.45) is 0 Å². The van der Waals surface area contributed by atoms with Crippen LogP contribution in [-0.4, -0.2) is 20.2 Å². The van der Waals surface area contributed by atoms with Crippen molar-refractivity contribution in [2.75, 3.05) is 14.2 Å². The molecule has 1 atom stereocenters. The smallest absolute Gasteiger partial charge is 0.119 e. The molecular formula is C16H19NO. The summed E-state index contributed by atoms with van der Waals surface area (Å²) in [5.41, 5.74) is 1.22. The SMILES string of the molecule is CNC(C)/C=C/c1ccc2cc(OC)ccc2c1. The lowest BCUT2D eigenvalue weighted by Crippen LogP contribution is -2.17. The summed E-state index contributed by atoms with van der Waals surface area (Å²) in [5, 5.41) is 5.62. The Balaban J connectivity index is 2.30. The second-order valence-corrected chi connectivity index (χ2v) is 4.41. The van der Waals surface area contributed by atoms with Crippen molar-refractivity contribution < 1.29 is 4.74 Å². The highest BCUT2D eigenvalue weighted by atomic mass is 16.5. The van der Waals surface area contributed by atoms with E-state index >= 15 is 0 Å². The number of likely N-dealkylation sites (N-methyl/N-ethyl adjacent to an activating group) is 1. The first-order valence-electron chi connectivity index (χ1n) is 6.16. The van der Waals surface area contributed by atoms with E-state index < -0.39 is 0 Å². The average molecular weight is 241 g/mol. The molecule has 0 aliphatic heterocycles. The van der Waals surface area contributed by atoms with Crippen LogP contribution in [0, 0.1) is 0 Å². The molecule has 0 saturated heterocycles. The van der Waals surface area contributed by atoms with E-state index in [1.165, 1.54) is 16.3 Å². The number of nitrogens with one attached hydrogen (secondary N) is 1. The molecule has 0 radical (unpaired) electrons. The quantitative estimate of drug-likeness (QED) is 0.885. The largest absolute Gasteiger partial charge is 0.497 e. The van der Waals surface area contributed by atoms with Gasteiger partial charge in [-0.15, -0.1) is 0 Å². The highest BCUT2D eigenvalue weighted by molar-refractivity contribution is 5.86. The summed E-state index contributed by atoms with van der Waals surface area (Å²) in [6.45, 7) is 2.13. The van der Waals surface area contributed by atoms with Crippen LogP contribution >= 0.6 is 0 Å². The van der Waals surface area contributed by atoms with Gasteiger partial charge in [-0.1, -0.05) is 30.4 Å². The molecule has 0 aliphatic carbocycles. The number of benzene rings is 2. The first kappa shape index (κ1) is 12.7. The molecule has 0 heterocycles. The van der Waals surface area contributed by atoms with E-state index in [0.29, 0.717) is 6.04 Å². The predicted octanol–water partition coefficient (Wildman–Crippen LogP) is 3.47. The summed E-state index contributed by atoms with van der Waals surface area (Å²) in [4.78, 5) is 0. The van der Waals surface area contributed by atoms with Gasteiger partial charge in [0.1, 0.15) is 5.75 Å². The van der Waals surface area contributed by atoms with Gasteiger partial charge in [0.15, 0.2) is 0 Å². The first-order valence-corrected chi connectivity index (χ1v) is 6.16. The topological polar surface area (TPSA) is 21.3 Å². The van der Waals surface area contributed by atoms with Crippen LogP contribution in [0.5, 0.6) is 5.75 Å². The minimum atomic E-state index is 0.386. The Morgan fingerprint density at radius 3 is 2.56 bits per heavy atom. The lowest BCUT2D eigenvalue weighted by molar-refractivity contribution is 0.415. The van der Waals surface area contributed by atoms with Crippen molar-refractivity contribution in [3.05, 3.63) is 48.0 Å². The molecule has 94 valence electrons. The minimum Gasteiger partial charge on any atom is -0.497 e. The summed E-state index contributed by atoms with van der Waals surface area (Å²) in [6.07, 6.45) is 4.30. The van der Waals surface area contributed by atoms with Gasteiger partial charge in [0.25, 0.3) is 0 Å². The lowest BCUT2D eigenvalue weighted by atomic mass is 10.1. The third kappa shape index (κ3) is 2.90. The molecule has 1 unspecified atom stereocenters. The second kappa shape index (κ2) is 5.69. The molecule has 0 fully saturated rings. The van der Waals surface area contributed by atoms with E-state index in [1.807, 2.05) is 13.1 Å². The van der Waals surface area contributed by atoms with Crippen molar-refractivity contribution >= 4 is 16.8 Å². The molecular weight excluding hydrogens is 222 g/mol. The maximum Gasteiger partial charge on any atom is 0.119 e. The fourth-order valence-corrected chi connectivity index (χ4v) is 1.82. The molecule has 2 nitrogen and oxygen atoms in total. The monoisotopic (exact) mass is 241 g/mol. The van der Waals surface area contributed by atoms with Gasteiger partial charge in [0, 0.05) is 6.04 Å². The molecule has 2 rings (SSSR count). The summed E-state index contributed by atoms with van der Waals surface area (Å²) >= 11 is 0. The van der Waals surface area contributed by atoms with Gasteiger partial charge < -0.3 is 10.1 Å². The first-order chi connectivity index (χ1) is 8.72. The molecule has 2 aromatic carbocycles. The summed E-state index contributed by atoms with van der Waals surface area (Å²) in [5.74, 6) is 0.898. The fraction of sp³-hybridized carbons (Fsp3) is 0.250. The molecule has 2 heteroatoms. The van der Waals surface area contributed by atoms with Crippen LogP contribution in [0.25, 0.3) is 16.8 Å². The van der Waals surface area contributed by atoms with Gasteiger partial charge in [-0.2, -0.15) is 0 Å². The van der Waals surface area contributed by atoms with Crippen molar-refractivity contribution in [3.8, 4) is 5.75 Å². The average Bonchev–Trinajstić information content (AvgIpc) is 2.43. The summed E-state index contributed by atoms with van der Waals surface area (Å²) in [6, 6.07) is 13.0. The van der Waals surface area contributed by atoms with Gasteiger partial charge in [-0.25, -0.2) is 0 Å². The standard InChI is InChI=1S/C16H19NO/c1-12(17-2)4-5-13-6-7-15-11-16(18-3)9-8-14(15)10-13/h4-12,17H,1-3H3/b5-4+. The molecule has 0 saturated carbocycles. The highest BCUT2D eigenvalue weighted by Gasteiger charge is 1.97. The number of hydrogen-bond donors (Lipinski definition) is 1. The maximum atomic E-state index is 5.22. The lowest BCUT2D eigenvalue weighted by Gasteiger charge is -2.05. The Morgan fingerprint density at radius 2 is 1.83 bits per heavy atom. The molecule has 0 aromatic heterocycles. The molecule has 0 spiro atoms. The van der Waals surface area contributed by atoms with Gasteiger partial charge in [0.2, 0.25) is 0 Å². The molecule has 1 N–H and O–H groups in total. The summed E-state index contributed by atoms with van der Waals surface area (Å²) < 4.78 is 5.22. The number of rotatable bonds is 4. The number of methoxy groups -OCH3 is 1. The van der Waals surface area contributed by atoms with Gasteiger partial charge >= 0.3 is 0 Å². The molecule has 0 amide bonds. The Kier molecular flexibility index (Phi) is 4.00. The van der Waals surface area contributed by atoms with Crippen LogP contribution < -0.4 is 10.1 Å². The zero-order valence-electron chi connectivity index (χ0n) is 11.1. The zero-order chi connectivity index (χ0) is 13.0. The van der Waals surface area contributed by atoms with E-state index in [2.05, 4.69) is 54.7 Å². The molecule has 18 heavy (non-hydrogen) atoms. The van der Waals surface area contributed by atoms with Gasteiger partial charge in [-0.05, 0) is 48.5 Å². The molecule has 0 bridgehead atoms. The van der Waals surface area contributed by atoms with Crippen LogP contribution in [0.15, 0.2) is 42.5 Å². The Morgan fingerprint density at radius 1 is 1.11 bits per heavy atom. The molecule has 0 aliphatic rings. The van der Waals surface area contributed by atoms with Gasteiger partial charge in [-0.3, -0.25) is 0 Å². The van der Waals surface area contributed by atoms with Crippen molar-refractivity contribution in [1.82, 2.24) is 5.32 Å². The number of ether oxygens (including phenoxy) is 1. The van der Waals surface area contributed by atoms with Gasteiger partial charge in [0.05, 0.1) is 7.11 Å². The Labute approximate surface area is 108 Å². The van der Waals surface area contributed by atoms with E-state index in [4.69, 9.17) is 4.74 Å². The van der Waals surface area contributed by atoms with Crippen LogP contribution in [0.4, 0.5) is 0 Å². The second-order valence-electron chi connectivity index (χ2n) is 4.41. The summed E-state index contributed by atoms with van der Waals surface area (Å²) in [7, 11) is 3.65. The Bertz CT molecular complexity index is 560. The van der Waals surface area contributed by atoms with Crippen LogP contribution in [0.2, 0.25) is 0 Å². The zero-order valence-corrected chi connectivity index (χ0v) is 11.1. The number of fused-ring (bicyclic) bond motifs is 1. The van der Waals surface area contributed by atoms with E-state index in [9.17, 15) is 0 Å². The van der Waals surface area contributed by atoms with E-state index in [0.717, 1.165) is 5.75 Å². The normalized spacial score (nSPS) is 13.1. The van der Waals surface area contributed by atoms with Crippen LogP contribution in [0.3, 0.4) is 0 Å². The fourth-order valence-electron chi connectivity index (χ4n) is 1.82.